The van der Waals surface area contributed by atoms with E-state index in [0.29, 0.717) is 0 Å². The molecule has 0 atom stereocenters. The summed E-state index contributed by atoms with van der Waals surface area (Å²) in [6.07, 6.45) is 0. The van der Waals surface area contributed by atoms with E-state index in [0.717, 1.165) is 33.7 Å². The molecule has 0 amide bonds. The number of hydrogen-bond donors (Lipinski definition) is 0. The normalized spacial score (nSPS) is 10.3. The highest BCUT2D eigenvalue weighted by Crippen LogP contribution is 2.25. The predicted octanol–water partition coefficient (Wildman–Crippen LogP) is 4.48. The van der Waals surface area contributed by atoms with Gasteiger partial charge in [0, 0.05) is 21.1 Å². The second kappa shape index (κ2) is 7.58. The Kier molecular flexibility index (Phi) is 6.77. The fourth-order valence-corrected chi connectivity index (χ4v) is 2.48. The van der Waals surface area contributed by atoms with Gasteiger partial charge in [-0.05, 0) is 24.0 Å². The Morgan fingerprint density at radius 1 is 1.40 bits per heavy atom. The number of hydrogen-bond acceptors (Lipinski definition) is 2. The highest BCUT2D eigenvalue weighted by molar-refractivity contribution is 9.10. The highest BCUT2D eigenvalue weighted by atomic mass is 79.9. The summed E-state index contributed by atoms with van der Waals surface area (Å²) >= 11 is 8.81. The van der Waals surface area contributed by atoms with Crippen molar-refractivity contribution in [1.29, 1.82) is 0 Å². The Hall–Kier alpha value is 0.330. The molecule has 0 heterocycles. The molecule has 0 fully saturated rings. The van der Waals surface area contributed by atoms with Crippen molar-refractivity contribution in [3.05, 3.63) is 28.2 Å². The first-order valence-corrected chi connectivity index (χ1v) is 7.89. The Morgan fingerprint density at radius 3 is 2.87 bits per heavy atom. The first-order chi connectivity index (χ1) is 7.27. The lowest BCUT2D eigenvalue weighted by Crippen LogP contribution is -2.02. The van der Waals surface area contributed by atoms with E-state index >= 15 is 0 Å². The first-order valence-electron chi connectivity index (χ1n) is 4.83. The van der Waals surface area contributed by atoms with Gasteiger partial charge >= 0.3 is 0 Å². The van der Waals surface area contributed by atoms with E-state index in [1.54, 1.807) is 0 Å². The average molecular weight is 354 g/mol. The van der Waals surface area contributed by atoms with Gasteiger partial charge in [0.1, 0.15) is 5.75 Å². The van der Waals surface area contributed by atoms with Gasteiger partial charge in [-0.1, -0.05) is 38.8 Å². The van der Waals surface area contributed by atoms with Crippen LogP contribution in [-0.4, -0.2) is 18.1 Å². The van der Waals surface area contributed by atoms with Crippen LogP contribution in [0.3, 0.4) is 0 Å². The molecular weight excluding hydrogens is 340 g/mol. The van der Waals surface area contributed by atoms with Crippen molar-refractivity contribution >= 4 is 43.6 Å². The number of rotatable bonds is 6. The van der Waals surface area contributed by atoms with Crippen LogP contribution in [0.15, 0.2) is 22.7 Å². The van der Waals surface area contributed by atoms with Crippen LogP contribution in [-0.2, 0) is 5.33 Å². The van der Waals surface area contributed by atoms with Crippen molar-refractivity contribution in [2.24, 2.45) is 0 Å². The summed E-state index contributed by atoms with van der Waals surface area (Å²) in [5, 5.41) is 0.822. The highest BCUT2D eigenvalue weighted by Gasteiger charge is 2.02. The largest absolute Gasteiger partial charge is 0.492 e. The molecule has 1 rings (SSSR count). The third kappa shape index (κ3) is 4.79. The molecular formula is C11H14Br2OS. The third-order valence-electron chi connectivity index (χ3n) is 1.86. The van der Waals surface area contributed by atoms with Crippen molar-refractivity contribution in [1.82, 2.24) is 0 Å². The zero-order chi connectivity index (χ0) is 11.1. The molecule has 0 unspecified atom stereocenters. The van der Waals surface area contributed by atoms with Gasteiger partial charge in [0.25, 0.3) is 0 Å². The smallest absolute Gasteiger partial charge is 0.123 e. The molecule has 1 aromatic rings. The van der Waals surface area contributed by atoms with Crippen LogP contribution in [0.2, 0.25) is 0 Å². The molecule has 0 aliphatic heterocycles. The molecule has 0 bridgehead atoms. The third-order valence-corrected chi connectivity index (χ3v) is 3.82. The SMILES string of the molecule is CCSCCOc1ccc(Br)cc1CBr. The van der Waals surface area contributed by atoms with Crippen LogP contribution < -0.4 is 4.74 Å². The van der Waals surface area contributed by atoms with Crippen molar-refractivity contribution in [3.63, 3.8) is 0 Å². The average Bonchev–Trinajstić information content (AvgIpc) is 2.26. The summed E-state index contributed by atoms with van der Waals surface area (Å²) in [7, 11) is 0. The van der Waals surface area contributed by atoms with E-state index < -0.39 is 0 Å². The molecule has 0 aliphatic carbocycles. The second-order valence-corrected chi connectivity index (χ2v) is 5.80. The number of ether oxygens (including phenoxy) is 1. The minimum absolute atomic E-state index is 0.778. The summed E-state index contributed by atoms with van der Waals surface area (Å²) < 4.78 is 6.80. The maximum Gasteiger partial charge on any atom is 0.123 e. The summed E-state index contributed by atoms with van der Waals surface area (Å²) in [5.74, 6) is 3.18. The van der Waals surface area contributed by atoms with Crippen LogP contribution >= 0.6 is 43.6 Å². The lowest BCUT2D eigenvalue weighted by atomic mass is 10.2. The fraction of sp³-hybridized carbons (Fsp3) is 0.455. The molecule has 0 aromatic heterocycles. The van der Waals surface area contributed by atoms with Gasteiger partial charge < -0.3 is 4.74 Å². The van der Waals surface area contributed by atoms with E-state index in [2.05, 4.69) is 44.8 Å². The zero-order valence-corrected chi connectivity index (χ0v) is 12.6. The van der Waals surface area contributed by atoms with Gasteiger partial charge in [0.05, 0.1) is 6.61 Å². The van der Waals surface area contributed by atoms with Gasteiger partial charge in [0.15, 0.2) is 0 Å². The van der Waals surface area contributed by atoms with Crippen LogP contribution in [0.25, 0.3) is 0 Å². The standard InChI is InChI=1S/C11H14Br2OS/c1-2-15-6-5-14-11-4-3-10(13)7-9(11)8-12/h3-4,7H,2,5-6,8H2,1H3. The molecule has 0 saturated carbocycles. The Morgan fingerprint density at radius 2 is 2.20 bits per heavy atom. The summed E-state index contributed by atoms with van der Waals surface area (Å²) in [6, 6.07) is 6.10. The van der Waals surface area contributed by atoms with Crippen molar-refractivity contribution < 1.29 is 4.74 Å². The number of alkyl halides is 1. The summed E-state index contributed by atoms with van der Waals surface area (Å²) in [5.41, 5.74) is 1.19. The minimum atomic E-state index is 0.778. The number of thioether (sulfide) groups is 1. The molecule has 0 N–H and O–H groups in total. The van der Waals surface area contributed by atoms with E-state index in [9.17, 15) is 0 Å². The number of benzene rings is 1. The van der Waals surface area contributed by atoms with Crippen LogP contribution in [0.4, 0.5) is 0 Å². The van der Waals surface area contributed by atoms with Gasteiger partial charge in [-0.25, -0.2) is 0 Å². The molecule has 15 heavy (non-hydrogen) atoms. The Bertz CT molecular complexity index is 305. The van der Waals surface area contributed by atoms with Crippen molar-refractivity contribution in [2.75, 3.05) is 18.1 Å². The van der Waals surface area contributed by atoms with Crippen LogP contribution in [0, 0.1) is 0 Å². The van der Waals surface area contributed by atoms with E-state index in [-0.39, 0.29) is 0 Å². The Labute approximate surface area is 112 Å². The van der Waals surface area contributed by atoms with E-state index in [1.807, 2.05) is 23.9 Å². The molecule has 0 radical (unpaired) electrons. The summed E-state index contributed by atoms with van der Waals surface area (Å²) in [4.78, 5) is 0. The van der Waals surface area contributed by atoms with E-state index in [4.69, 9.17) is 4.74 Å². The van der Waals surface area contributed by atoms with Crippen LogP contribution in [0.1, 0.15) is 12.5 Å². The van der Waals surface area contributed by atoms with Gasteiger partial charge in [0.2, 0.25) is 0 Å². The summed E-state index contributed by atoms with van der Waals surface area (Å²) in [6.45, 7) is 2.94. The quantitative estimate of drug-likeness (QED) is 0.551. The van der Waals surface area contributed by atoms with Gasteiger partial charge in [-0.15, -0.1) is 0 Å². The lowest BCUT2D eigenvalue weighted by Gasteiger charge is -2.09. The molecule has 0 saturated heterocycles. The number of halogens is 2. The molecule has 1 nitrogen and oxygen atoms in total. The fourth-order valence-electron chi connectivity index (χ4n) is 1.15. The maximum atomic E-state index is 5.71. The monoisotopic (exact) mass is 352 g/mol. The first kappa shape index (κ1) is 13.4. The molecule has 0 aliphatic rings. The molecule has 84 valence electrons. The Balaban J connectivity index is 2.52. The lowest BCUT2D eigenvalue weighted by molar-refractivity contribution is 0.341. The van der Waals surface area contributed by atoms with Crippen molar-refractivity contribution in [2.45, 2.75) is 12.3 Å². The van der Waals surface area contributed by atoms with Gasteiger partial charge in [-0.2, -0.15) is 11.8 Å². The maximum absolute atomic E-state index is 5.71. The second-order valence-electron chi connectivity index (χ2n) is 2.93. The molecule has 4 heteroatoms. The topological polar surface area (TPSA) is 9.23 Å². The van der Waals surface area contributed by atoms with Crippen molar-refractivity contribution in [3.8, 4) is 5.75 Å². The van der Waals surface area contributed by atoms with Gasteiger partial charge in [-0.3, -0.25) is 0 Å². The minimum Gasteiger partial charge on any atom is -0.492 e. The predicted molar refractivity (Wildman–Crippen MR) is 75.3 cm³/mol. The van der Waals surface area contributed by atoms with Crippen LogP contribution in [0.5, 0.6) is 5.75 Å². The zero-order valence-electron chi connectivity index (χ0n) is 8.63. The van der Waals surface area contributed by atoms with E-state index in [1.165, 1.54) is 5.56 Å². The molecule has 1 aromatic carbocycles. The molecule has 0 spiro atoms.